The first-order valence-electron chi connectivity index (χ1n) is 9.94. The summed E-state index contributed by atoms with van der Waals surface area (Å²) in [5.74, 6) is -0.127. The molecular formula is C23H27N3O3S. The zero-order valence-corrected chi connectivity index (χ0v) is 18.6. The molecule has 0 aliphatic heterocycles. The Balaban J connectivity index is 1.86. The van der Waals surface area contributed by atoms with Crippen molar-refractivity contribution in [3.05, 3.63) is 63.9 Å². The van der Waals surface area contributed by atoms with Crippen LogP contribution in [0.15, 0.2) is 52.4 Å². The van der Waals surface area contributed by atoms with Gasteiger partial charge in [-0.25, -0.2) is 4.98 Å². The van der Waals surface area contributed by atoms with E-state index in [9.17, 15) is 9.59 Å². The van der Waals surface area contributed by atoms with Crippen LogP contribution in [0.5, 0.6) is 0 Å². The summed E-state index contributed by atoms with van der Waals surface area (Å²) in [6, 6.07) is 13.2. The van der Waals surface area contributed by atoms with E-state index in [1.54, 1.807) is 17.7 Å². The van der Waals surface area contributed by atoms with E-state index in [1.165, 1.54) is 11.8 Å². The van der Waals surface area contributed by atoms with E-state index in [0.717, 1.165) is 16.8 Å². The van der Waals surface area contributed by atoms with E-state index in [1.807, 2.05) is 57.2 Å². The number of ether oxygens (including phenoxy) is 1. The van der Waals surface area contributed by atoms with Crippen molar-refractivity contribution in [3.63, 3.8) is 0 Å². The average Bonchev–Trinajstić information content (AvgIpc) is 2.72. The Labute approximate surface area is 180 Å². The van der Waals surface area contributed by atoms with Crippen LogP contribution >= 0.6 is 11.8 Å². The molecule has 0 fully saturated rings. The van der Waals surface area contributed by atoms with Gasteiger partial charge < -0.3 is 10.1 Å². The Morgan fingerprint density at radius 1 is 1.23 bits per heavy atom. The molecule has 0 spiro atoms. The van der Waals surface area contributed by atoms with Crippen LogP contribution in [0.2, 0.25) is 0 Å². The number of amides is 1. The maximum absolute atomic E-state index is 13.0. The summed E-state index contributed by atoms with van der Waals surface area (Å²) in [5, 5.41) is 3.68. The van der Waals surface area contributed by atoms with Gasteiger partial charge in [0.15, 0.2) is 5.16 Å². The molecule has 1 aromatic heterocycles. The summed E-state index contributed by atoms with van der Waals surface area (Å²) in [6.45, 7) is 6.85. The number of nitrogens with zero attached hydrogens (tertiary/aromatic N) is 2. The molecule has 2 aromatic carbocycles. The number of fused-ring (bicyclic) bond motifs is 1. The number of carbonyl (C=O) groups is 1. The summed E-state index contributed by atoms with van der Waals surface area (Å²) >= 11 is 1.29. The molecule has 0 aliphatic carbocycles. The van der Waals surface area contributed by atoms with Crippen LogP contribution in [0.1, 0.15) is 24.5 Å². The van der Waals surface area contributed by atoms with Crippen LogP contribution in [0.4, 0.5) is 5.69 Å². The lowest BCUT2D eigenvalue weighted by atomic mass is 10.1. The summed E-state index contributed by atoms with van der Waals surface area (Å²) in [4.78, 5) is 30.5. The Morgan fingerprint density at radius 2 is 2.00 bits per heavy atom. The minimum Gasteiger partial charge on any atom is -0.385 e. The third-order valence-electron chi connectivity index (χ3n) is 4.85. The van der Waals surface area contributed by atoms with Crippen LogP contribution in [0, 0.1) is 13.8 Å². The van der Waals surface area contributed by atoms with Gasteiger partial charge in [0.25, 0.3) is 5.56 Å². The first-order valence-corrected chi connectivity index (χ1v) is 10.8. The van der Waals surface area contributed by atoms with Crippen LogP contribution in [-0.2, 0) is 16.1 Å². The lowest BCUT2D eigenvalue weighted by Gasteiger charge is -2.17. The van der Waals surface area contributed by atoms with Gasteiger partial charge in [-0.2, -0.15) is 0 Å². The lowest BCUT2D eigenvalue weighted by Crippen LogP contribution is -2.27. The molecular weight excluding hydrogens is 398 g/mol. The van der Waals surface area contributed by atoms with Gasteiger partial charge in [-0.1, -0.05) is 41.6 Å². The zero-order chi connectivity index (χ0) is 21.7. The average molecular weight is 426 g/mol. The highest BCUT2D eigenvalue weighted by Crippen LogP contribution is 2.25. The molecule has 1 amide bonds. The summed E-state index contributed by atoms with van der Waals surface area (Å²) < 4.78 is 6.78. The molecule has 0 saturated heterocycles. The SMILES string of the molecule is COCCCn1c(S[C@@H](C)C(=O)Nc2ccc(C)cc2C)nc2ccccc2c1=O. The predicted molar refractivity (Wildman–Crippen MR) is 122 cm³/mol. The van der Waals surface area contributed by atoms with Crippen molar-refractivity contribution in [1.82, 2.24) is 9.55 Å². The number of carbonyl (C=O) groups excluding carboxylic acids is 1. The molecule has 1 heterocycles. The second-order valence-corrected chi connectivity index (χ2v) is 8.59. The predicted octanol–water partition coefficient (Wildman–Crippen LogP) is 4.17. The third kappa shape index (κ3) is 5.09. The van der Waals surface area contributed by atoms with Crippen molar-refractivity contribution in [2.24, 2.45) is 0 Å². The molecule has 0 saturated carbocycles. The fourth-order valence-corrected chi connectivity index (χ4v) is 4.14. The molecule has 1 atom stereocenters. The standard InChI is InChI=1S/C23H27N3O3S/c1-15-10-11-19(16(2)14-15)24-21(27)17(3)30-23-25-20-9-6-5-8-18(20)22(28)26(23)12-7-13-29-4/h5-6,8-11,14,17H,7,12-13H2,1-4H3,(H,24,27)/t17-/m0/s1. The highest BCUT2D eigenvalue weighted by atomic mass is 32.2. The Bertz CT molecular complexity index is 1110. The summed E-state index contributed by atoms with van der Waals surface area (Å²) in [7, 11) is 1.64. The minimum atomic E-state index is -0.424. The zero-order valence-electron chi connectivity index (χ0n) is 17.8. The largest absolute Gasteiger partial charge is 0.385 e. The number of benzene rings is 2. The minimum absolute atomic E-state index is 0.0961. The molecule has 1 N–H and O–H groups in total. The topological polar surface area (TPSA) is 73.2 Å². The van der Waals surface area contributed by atoms with E-state index in [0.29, 0.717) is 35.6 Å². The van der Waals surface area contributed by atoms with Gasteiger partial charge in [-0.15, -0.1) is 0 Å². The van der Waals surface area contributed by atoms with Crippen molar-refractivity contribution in [2.45, 2.75) is 44.1 Å². The fraction of sp³-hybridized carbons (Fsp3) is 0.348. The highest BCUT2D eigenvalue weighted by molar-refractivity contribution is 8.00. The third-order valence-corrected chi connectivity index (χ3v) is 5.94. The van der Waals surface area contributed by atoms with Crippen molar-refractivity contribution in [1.29, 1.82) is 0 Å². The lowest BCUT2D eigenvalue weighted by molar-refractivity contribution is -0.115. The molecule has 6 nitrogen and oxygen atoms in total. The summed E-state index contributed by atoms with van der Waals surface area (Å²) in [5.41, 5.74) is 3.49. The molecule has 0 radical (unpaired) electrons. The first-order chi connectivity index (χ1) is 14.4. The van der Waals surface area contributed by atoms with Crippen LogP contribution in [-0.4, -0.2) is 34.4 Å². The molecule has 3 rings (SSSR count). The smallest absolute Gasteiger partial charge is 0.262 e. The maximum Gasteiger partial charge on any atom is 0.262 e. The van der Waals surface area contributed by atoms with Crippen LogP contribution in [0.3, 0.4) is 0 Å². The highest BCUT2D eigenvalue weighted by Gasteiger charge is 2.20. The van der Waals surface area contributed by atoms with E-state index in [2.05, 4.69) is 10.3 Å². The van der Waals surface area contributed by atoms with E-state index < -0.39 is 5.25 Å². The number of para-hydroxylation sites is 1. The molecule has 0 aliphatic rings. The Morgan fingerprint density at radius 3 is 2.73 bits per heavy atom. The van der Waals surface area contributed by atoms with Gasteiger partial charge in [0.2, 0.25) is 5.91 Å². The normalized spacial score (nSPS) is 12.1. The van der Waals surface area contributed by atoms with Gasteiger partial charge in [0.1, 0.15) is 0 Å². The van der Waals surface area contributed by atoms with Crippen LogP contribution in [0.25, 0.3) is 10.9 Å². The number of aryl methyl sites for hydroxylation is 2. The van der Waals surface area contributed by atoms with Gasteiger partial charge in [0.05, 0.1) is 16.2 Å². The molecule has 30 heavy (non-hydrogen) atoms. The number of hydrogen-bond acceptors (Lipinski definition) is 5. The Kier molecular flexibility index (Phi) is 7.29. The fourth-order valence-electron chi connectivity index (χ4n) is 3.20. The number of thioether (sulfide) groups is 1. The molecule has 0 bridgehead atoms. The number of hydrogen-bond donors (Lipinski definition) is 1. The summed E-state index contributed by atoms with van der Waals surface area (Å²) in [6.07, 6.45) is 0.688. The quantitative estimate of drug-likeness (QED) is 0.333. The molecule has 3 aromatic rings. The van der Waals surface area contributed by atoms with Crippen molar-refractivity contribution >= 4 is 34.3 Å². The van der Waals surface area contributed by atoms with Crippen LogP contribution < -0.4 is 10.9 Å². The maximum atomic E-state index is 13.0. The van der Waals surface area contributed by atoms with E-state index in [-0.39, 0.29) is 11.5 Å². The van der Waals surface area contributed by atoms with Gasteiger partial charge in [0, 0.05) is 25.9 Å². The van der Waals surface area contributed by atoms with E-state index in [4.69, 9.17) is 4.74 Å². The molecule has 0 unspecified atom stereocenters. The number of anilines is 1. The van der Waals surface area contributed by atoms with E-state index >= 15 is 0 Å². The van der Waals surface area contributed by atoms with Crippen molar-refractivity contribution in [3.8, 4) is 0 Å². The number of methoxy groups -OCH3 is 1. The van der Waals surface area contributed by atoms with Crippen molar-refractivity contribution < 1.29 is 9.53 Å². The van der Waals surface area contributed by atoms with Gasteiger partial charge in [-0.3, -0.25) is 14.2 Å². The van der Waals surface area contributed by atoms with Gasteiger partial charge in [-0.05, 0) is 51.0 Å². The molecule has 7 heteroatoms. The number of aromatic nitrogens is 2. The number of nitrogens with one attached hydrogen (secondary N) is 1. The van der Waals surface area contributed by atoms with Crippen molar-refractivity contribution in [2.75, 3.05) is 19.0 Å². The molecule has 158 valence electrons. The van der Waals surface area contributed by atoms with Gasteiger partial charge >= 0.3 is 0 Å². The second kappa shape index (κ2) is 9.91. The monoisotopic (exact) mass is 425 g/mol. The number of rotatable bonds is 8. The Hall–Kier alpha value is -2.64. The second-order valence-electron chi connectivity index (χ2n) is 7.28. The first kappa shape index (κ1) is 22.1.